The summed E-state index contributed by atoms with van der Waals surface area (Å²) in [6.45, 7) is 8.91. The van der Waals surface area contributed by atoms with Crippen molar-refractivity contribution in [3.05, 3.63) is 23.8 Å². The molecule has 2 aliphatic rings. The highest BCUT2D eigenvalue weighted by atomic mass is 16.7. The summed E-state index contributed by atoms with van der Waals surface area (Å²) in [6, 6.07) is 5.55. The van der Waals surface area contributed by atoms with Gasteiger partial charge in [-0.15, -0.1) is 0 Å². The quantitative estimate of drug-likeness (QED) is 0.520. The number of nitrogens with zero attached hydrogens (tertiary/aromatic N) is 2. The van der Waals surface area contributed by atoms with Gasteiger partial charge in [-0.25, -0.2) is 0 Å². The van der Waals surface area contributed by atoms with Gasteiger partial charge in [0.15, 0.2) is 11.5 Å². The number of likely N-dealkylation sites (tertiary alicyclic amines) is 1. The zero-order chi connectivity index (χ0) is 23.1. The minimum absolute atomic E-state index is 0.114. The number of carboxylic acid groups (broad SMARTS) is 1. The third-order valence-electron chi connectivity index (χ3n) is 6.70. The number of carbonyl (C=O) groups is 2. The summed E-state index contributed by atoms with van der Waals surface area (Å²) in [5, 5.41) is 10.2. The predicted molar refractivity (Wildman–Crippen MR) is 123 cm³/mol. The van der Waals surface area contributed by atoms with Crippen LogP contribution in [0.1, 0.15) is 70.8 Å². The van der Waals surface area contributed by atoms with Gasteiger partial charge in [-0.05, 0) is 37.0 Å². The minimum atomic E-state index is -0.796. The van der Waals surface area contributed by atoms with Gasteiger partial charge in [0.25, 0.3) is 0 Å². The van der Waals surface area contributed by atoms with Crippen molar-refractivity contribution in [3.8, 4) is 11.5 Å². The fourth-order valence-electron chi connectivity index (χ4n) is 4.96. The SMILES string of the molecule is CCCCN(CCCC)C(=O)CN1C[C@H](c2ccc3c(c2)OCO3)[C@@H](C(=O)O)[C@@H]1CCC. The van der Waals surface area contributed by atoms with Crippen molar-refractivity contribution < 1.29 is 24.2 Å². The average molecular weight is 447 g/mol. The van der Waals surface area contributed by atoms with E-state index >= 15 is 0 Å². The highest BCUT2D eigenvalue weighted by molar-refractivity contribution is 5.79. The van der Waals surface area contributed by atoms with Crippen molar-refractivity contribution in [1.29, 1.82) is 0 Å². The normalized spacial score (nSPS) is 22.3. The molecule has 1 aromatic carbocycles. The number of carbonyl (C=O) groups excluding carboxylic acids is 1. The van der Waals surface area contributed by atoms with Gasteiger partial charge in [-0.2, -0.15) is 0 Å². The second-order valence-corrected chi connectivity index (χ2v) is 8.96. The van der Waals surface area contributed by atoms with Crippen molar-refractivity contribution in [2.24, 2.45) is 5.92 Å². The third-order valence-corrected chi connectivity index (χ3v) is 6.70. The van der Waals surface area contributed by atoms with Gasteiger partial charge in [-0.1, -0.05) is 46.1 Å². The van der Waals surface area contributed by atoms with Crippen LogP contribution in [-0.4, -0.2) is 65.8 Å². The summed E-state index contributed by atoms with van der Waals surface area (Å²) in [6.07, 6.45) is 5.71. The molecule has 1 aromatic rings. The van der Waals surface area contributed by atoms with Gasteiger partial charge < -0.3 is 19.5 Å². The highest BCUT2D eigenvalue weighted by Gasteiger charge is 2.47. The molecule has 0 spiro atoms. The van der Waals surface area contributed by atoms with Crippen LogP contribution in [0.25, 0.3) is 0 Å². The smallest absolute Gasteiger partial charge is 0.308 e. The molecule has 1 N–H and O–H groups in total. The summed E-state index contributed by atoms with van der Waals surface area (Å²) >= 11 is 0. The Morgan fingerprint density at radius 3 is 2.38 bits per heavy atom. The largest absolute Gasteiger partial charge is 0.481 e. The Bertz CT molecular complexity index is 776. The summed E-state index contributed by atoms with van der Waals surface area (Å²) in [5.41, 5.74) is 0.937. The van der Waals surface area contributed by atoms with E-state index in [-0.39, 0.29) is 31.2 Å². The molecule has 2 aliphatic heterocycles. The number of unbranched alkanes of at least 4 members (excludes halogenated alkanes) is 2. The number of hydrogen-bond acceptors (Lipinski definition) is 5. The molecule has 1 amide bonds. The highest BCUT2D eigenvalue weighted by Crippen LogP contribution is 2.42. The lowest BCUT2D eigenvalue weighted by Crippen LogP contribution is -2.44. The number of ether oxygens (including phenoxy) is 2. The van der Waals surface area contributed by atoms with Crippen LogP contribution in [-0.2, 0) is 9.59 Å². The number of fused-ring (bicyclic) bond motifs is 1. The monoisotopic (exact) mass is 446 g/mol. The molecule has 3 rings (SSSR count). The molecule has 2 heterocycles. The number of hydrogen-bond donors (Lipinski definition) is 1. The summed E-state index contributed by atoms with van der Waals surface area (Å²) in [4.78, 5) is 29.7. The number of carboxylic acids is 1. The molecule has 0 radical (unpaired) electrons. The van der Waals surface area contributed by atoms with Crippen LogP contribution in [0.4, 0.5) is 0 Å². The Kier molecular flexibility index (Phi) is 8.79. The maximum Gasteiger partial charge on any atom is 0.308 e. The summed E-state index contributed by atoms with van der Waals surface area (Å²) in [5.74, 6) is -0.0657. The first-order valence-corrected chi connectivity index (χ1v) is 12.1. The van der Waals surface area contributed by atoms with Crippen LogP contribution in [0.5, 0.6) is 11.5 Å². The van der Waals surface area contributed by atoms with Crippen molar-refractivity contribution >= 4 is 11.9 Å². The Labute approximate surface area is 191 Å². The van der Waals surface area contributed by atoms with Crippen LogP contribution >= 0.6 is 0 Å². The van der Waals surface area contributed by atoms with Gasteiger partial charge in [0, 0.05) is 31.6 Å². The fourth-order valence-corrected chi connectivity index (χ4v) is 4.96. The molecule has 32 heavy (non-hydrogen) atoms. The predicted octanol–water partition coefficient (Wildman–Crippen LogP) is 4.11. The first-order chi connectivity index (χ1) is 15.5. The van der Waals surface area contributed by atoms with Crippen LogP contribution in [0.3, 0.4) is 0 Å². The maximum absolute atomic E-state index is 13.2. The molecular weight excluding hydrogens is 408 g/mol. The fraction of sp³-hybridized carbons (Fsp3) is 0.680. The standard InChI is InChI=1S/C25H38N2O5/c1-4-7-12-26(13-8-5-2)23(28)16-27-15-19(24(25(29)30)20(27)9-6-3)18-10-11-21-22(14-18)32-17-31-21/h10-11,14,19-20,24H,4-9,12-13,15-17H2,1-3H3,(H,29,30)/t19-,20+,24-/m1/s1. The zero-order valence-electron chi connectivity index (χ0n) is 19.7. The molecule has 7 nitrogen and oxygen atoms in total. The van der Waals surface area contributed by atoms with Crippen LogP contribution < -0.4 is 9.47 Å². The van der Waals surface area contributed by atoms with Gasteiger partial charge in [0.2, 0.25) is 12.7 Å². The van der Waals surface area contributed by atoms with Crippen molar-refractivity contribution in [1.82, 2.24) is 9.80 Å². The van der Waals surface area contributed by atoms with Crippen LogP contribution in [0, 0.1) is 5.92 Å². The van der Waals surface area contributed by atoms with Gasteiger partial charge >= 0.3 is 5.97 Å². The Balaban J connectivity index is 1.81. The number of amides is 1. The van der Waals surface area contributed by atoms with E-state index < -0.39 is 11.9 Å². The molecule has 3 atom stereocenters. The molecule has 7 heteroatoms. The van der Waals surface area contributed by atoms with Gasteiger partial charge in [0.05, 0.1) is 12.5 Å². The lowest BCUT2D eigenvalue weighted by Gasteiger charge is -2.29. The number of aliphatic carboxylic acids is 1. The Morgan fingerprint density at radius 1 is 1.06 bits per heavy atom. The van der Waals surface area contributed by atoms with E-state index in [0.717, 1.165) is 57.2 Å². The topological polar surface area (TPSA) is 79.3 Å². The Hall–Kier alpha value is -2.28. The molecule has 1 fully saturated rings. The third kappa shape index (κ3) is 5.55. The molecule has 0 aliphatic carbocycles. The number of benzene rings is 1. The maximum atomic E-state index is 13.2. The molecule has 0 aromatic heterocycles. The molecular formula is C25H38N2O5. The molecule has 1 saturated heterocycles. The van der Waals surface area contributed by atoms with E-state index in [0.29, 0.717) is 18.0 Å². The summed E-state index contributed by atoms with van der Waals surface area (Å²) < 4.78 is 10.9. The zero-order valence-corrected chi connectivity index (χ0v) is 19.7. The van der Waals surface area contributed by atoms with Crippen LogP contribution in [0.15, 0.2) is 18.2 Å². The molecule has 178 valence electrons. The first kappa shape index (κ1) is 24.4. The average Bonchev–Trinajstić information content (AvgIpc) is 3.38. The van der Waals surface area contributed by atoms with Crippen molar-refractivity contribution in [2.75, 3.05) is 33.0 Å². The van der Waals surface area contributed by atoms with Crippen molar-refractivity contribution in [2.45, 2.75) is 71.3 Å². The second kappa shape index (κ2) is 11.5. The minimum Gasteiger partial charge on any atom is -0.481 e. The van der Waals surface area contributed by atoms with Crippen molar-refractivity contribution in [3.63, 3.8) is 0 Å². The lowest BCUT2D eigenvalue weighted by molar-refractivity contribution is -0.143. The van der Waals surface area contributed by atoms with Crippen LogP contribution in [0.2, 0.25) is 0 Å². The van der Waals surface area contributed by atoms with E-state index in [9.17, 15) is 14.7 Å². The van der Waals surface area contributed by atoms with Gasteiger partial charge in [0.1, 0.15) is 0 Å². The second-order valence-electron chi connectivity index (χ2n) is 8.96. The van der Waals surface area contributed by atoms with E-state index in [4.69, 9.17) is 9.47 Å². The number of rotatable bonds is 12. The van der Waals surface area contributed by atoms with E-state index in [1.54, 1.807) is 0 Å². The van der Waals surface area contributed by atoms with Gasteiger partial charge in [-0.3, -0.25) is 14.5 Å². The molecule has 0 bridgehead atoms. The van der Waals surface area contributed by atoms with E-state index in [1.165, 1.54) is 0 Å². The van der Waals surface area contributed by atoms with E-state index in [1.807, 2.05) is 23.1 Å². The van der Waals surface area contributed by atoms with E-state index in [2.05, 4.69) is 25.7 Å². The summed E-state index contributed by atoms with van der Waals surface area (Å²) in [7, 11) is 0. The lowest BCUT2D eigenvalue weighted by atomic mass is 9.84. The first-order valence-electron chi connectivity index (χ1n) is 12.1. The Morgan fingerprint density at radius 2 is 1.75 bits per heavy atom. The molecule has 0 saturated carbocycles. The molecule has 0 unspecified atom stereocenters.